The molecule has 0 aliphatic carbocycles. The molecular formula is C31H34ClN7O3S. The third kappa shape index (κ3) is 7.92. The van der Waals surface area contributed by atoms with E-state index in [0.717, 1.165) is 55.4 Å². The van der Waals surface area contributed by atoms with Gasteiger partial charge in [0.1, 0.15) is 11.7 Å². The van der Waals surface area contributed by atoms with E-state index < -0.39 is 5.91 Å². The van der Waals surface area contributed by atoms with Crippen LogP contribution in [0.2, 0.25) is 5.02 Å². The predicted molar refractivity (Wildman–Crippen MR) is 171 cm³/mol. The Kier molecular flexibility index (Phi) is 9.96. The monoisotopic (exact) mass is 619 g/mol. The van der Waals surface area contributed by atoms with Crippen molar-refractivity contribution in [3.8, 4) is 0 Å². The van der Waals surface area contributed by atoms with Gasteiger partial charge in [-0.2, -0.15) is 0 Å². The van der Waals surface area contributed by atoms with E-state index in [1.54, 1.807) is 42.5 Å². The third-order valence-electron chi connectivity index (χ3n) is 7.35. The van der Waals surface area contributed by atoms with Gasteiger partial charge in [0.15, 0.2) is 0 Å². The zero-order chi connectivity index (χ0) is 30.3. The third-order valence-corrected chi connectivity index (χ3v) is 8.55. The molecule has 3 aromatic rings. The van der Waals surface area contributed by atoms with E-state index in [-0.39, 0.29) is 23.1 Å². The molecule has 2 N–H and O–H groups in total. The van der Waals surface area contributed by atoms with Gasteiger partial charge in [0.2, 0.25) is 5.91 Å². The molecular weight excluding hydrogens is 586 g/mol. The van der Waals surface area contributed by atoms with Crippen LogP contribution < -0.4 is 10.6 Å². The zero-order valence-electron chi connectivity index (χ0n) is 24.2. The molecule has 2 aliphatic heterocycles. The van der Waals surface area contributed by atoms with Crippen LogP contribution in [0.25, 0.3) is 0 Å². The number of rotatable bonds is 8. The molecule has 43 heavy (non-hydrogen) atoms. The van der Waals surface area contributed by atoms with Crippen molar-refractivity contribution in [1.29, 1.82) is 0 Å². The Hall–Kier alpha value is -3.93. The lowest BCUT2D eigenvalue weighted by atomic mass is 10.1. The van der Waals surface area contributed by atoms with E-state index in [1.807, 2.05) is 24.1 Å². The summed E-state index contributed by atoms with van der Waals surface area (Å²) in [6.45, 7) is 4.88. The fraction of sp³-hybridized carbons (Fsp3) is 0.323. The number of hydrogen-bond donors (Lipinski definition) is 2. The molecule has 0 saturated carbocycles. The molecule has 0 atom stereocenters. The Labute approximate surface area is 260 Å². The molecule has 3 amide bonds. The maximum atomic E-state index is 13.4. The van der Waals surface area contributed by atoms with Crippen molar-refractivity contribution in [2.75, 3.05) is 69.8 Å². The van der Waals surface area contributed by atoms with E-state index in [9.17, 15) is 14.4 Å². The van der Waals surface area contributed by atoms with Crippen LogP contribution in [0, 0.1) is 0 Å². The summed E-state index contributed by atoms with van der Waals surface area (Å²) >= 11 is 7.31. The molecule has 2 aromatic carbocycles. The Morgan fingerprint density at radius 2 is 1.72 bits per heavy atom. The predicted octanol–water partition coefficient (Wildman–Crippen LogP) is 4.19. The largest absolute Gasteiger partial charge is 0.358 e. The first-order chi connectivity index (χ1) is 20.8. The summed E-state index contributed by atoms with van der Waals surface area (Å²) < 4.78 is 0. The molecule has 3 heterocycles. The van der Waals surface area contributed by atoms with Crippen LogP contribution in [0.1, 0.15) is 32.7 Å². The van der Waals surface area contributed by atoms with Gasteiger partial charge in [-0.3, -0.25) is 19.4 Å². The number of halogens is 1. The van der Waals surface area contributed by atoms with Crippen LogP contribution in [0.5, 0.6) is 0 Å². The number of nitrogens with one attached hydrogen (secondary N) is 2. The smallest absolute Gasteiger partial charge is 0.258 e. The van der Waals surface area contributed by atoms with Gasteiger partial charge in [-0.1, -0.05) is 23.7 Å². The molecule has 1 aromatic heterocycles. The van der Waals surface area contributed by atoms with Crippen molar-refractivity contribution in [3.63, 3.8) is 0 Å². The molecule has 5 rings (SSSR count). The summed E-state index contributed by atoms with van der Waals surface area (Å²) in [5.74, 6) is 0.730. The number of pyridine rings is 1. The van der Waals surface area contributed by atoms with Gasteiger partial charge in [0, 0.05) is 55.4 Å². The fourth-order valence-corrected chi connectivity index (χ4v) is 5.83. The number of anilines is 2. The Morgan fingerprint density at radius 1 is 0.907 bits per heavy atom. The molecule has 0 unspecified atom stereocenters. The first kappa shape index (κ1) is 30.5. The minimum atomic E-state index is -0.452. The van der Waals surface area contributed by atoms with Crippen LogP contribution in [-0.4, -0.2) is 102 Å². The average molecular weight is 620 g/mol. The highest BCUT2D eigenvalue weighted by atomic mass is 35.5. The van der Waals surface area contributed by atoms with Crippen LogP contribution >= 0.6 is 23.4 Å². The van der Waals surface area contributed by atoms with Crippen LogP contribution in [0.3, 0.4) is 0 Å². The van der Waals surface area contributed by atoms with E-state index in [0.29, 0.717) is 28.6 Å². The Morgan fingerprint density at radius 3 is 2.44 bits per heavy atom. The lowest BCUT2D eigenvalue weighted by Crippen LogP contribution is -2.35. The number of aliphatic imine (C=N–C) groups is 1. The number of carbonyl (C=O) groups is 3. The lowest BCUT2D eigenvalue weighted by molar-refractivity contribution is -0.128. The second-order valence-electron chi connectivity index (χ2n) is 10.5. The molecule has 0 spiro atoms. The molecule has 10 nitrogen and oxygen atoms in total. The molecule has 1 fully saturated rings. The van der Waals surface area contributed by atoms with Gasteiger partial charge < -0.3 is 25.3 Å². The summed E-state index contributed by atoms with van der Waals surface area (Å²) in [7, 11) is 4.05. The van der Waals surface area contributed by atoms with Crippen molar-refractivity contribution in [2.24, 2.45) is 4.99 Å². The van der Waals surface area contributed by atoms with Gasteiger partial charge in [0.25, 0.3) is 11.8 Å². The lowest BCUT2D eigenvalue weighted by Gasteiger charge is -2.20. The van der Waals surface area contributed by atoms with Gasteiger partial charge in [-0.25, -0.2) is 4.98 Å². The number of aromatic nitrogens is 1. The highest BCUT2D eigenvalue weighted by Gasteiger charge is 2.20. The average Bonchev–Trinajstić information content (AvgIpc) is 3.32. The number of carbonyl (C=O) groups excluding carboxylic acids is 3. The van der Waals surface area contributed by atoms with Crippen molar-refractivity contribution < 1.29 is 14.4 Å². The molecule has 0 radical (unpaired) electrons. The molecule has 224 valence electrons. The number of benzene rings is 2. The quantitative estimate of drug-likeness (QED) is 0.364. The SMILES string of the molecule is CN1CCCN(C(=O)CSc2ccc(NC(=O)c3ccc(C4=NCCN4C)cc3)c(C(=O)Nc3ccc(Cl)cn3)c2)CC1. The minimum Gasteiger partial charge on any atom is -0.358 e. The van der Waals surface area contributed by atoms with Crippen molar-refractivity contribution in [3.05, 3.63) is 82.5 Å². The van der Waals surface area contributed by atoms with Gasteiger partial charge in [0.05, 0.1) is 28.6 Å². The van der Waals surface area contributed by atoms with Crippen LogP contribution in [0.4, 0.5) is 11.5 Å². The standard InChI is InChI=1S/C31H34ClN7O3S/c1-37-13-3-14-39(17-16-37)28(40)20-43-24-9-10-26(25(18-24)31(42)36-27-11-8-23(32)19-34-27)35-30(41)22-6-4-21(5-7-22)29-33-12-15-38(29)2/h4-11,18-19H,3,12-17,20H2,1-2H3,(H,35,41)(H,34,36,42). The summed E-state index contributed by atoms with van der Waals surface area (Å²) in [6.07, 6.45) is 2.38. The molecule has 2 aliphatic rings. The Balaban J connectivity index is 1.32. The van der Waals surface area contributed by atoms with Gasteiger partial charge in [-0.15, -0.1) is 11.8 Å². The highest BCUT2D eigenvalue weighted by molar-refractivity contribution is 8.00. The number of amidine groups is 1. The number of thioether (sulfide) groups is 1. The zero-order valence-corrected chi connectivity index (χ0v) is 25.7. The molecule has 0 bridgehead atoms. The topological polar surface area (TPSA) is 110 Å². The summed E-state index contributed by atoms with van der Waals surface area (Å²) in [4.78, 5) is 55.2. The molecule has 1 saturated heterocycles. The van der Waals surface area contributed by atoms with Crippen molar-refractivity contribution in [2.45, 2.75) is 11.3 Å². The second-order valence-corrected chi connectivity index (χ2v) is 12.0. The van der Waals surface area contributed by atoms with Crippen molar-refractivity contribution in [1.82, 2.24) is 19.7 Å². The second kappa shape index (κ2) is 14.0. The van der Waals surface area contributed by atoms with E-state index >= 15 is 0 Å². The van der Waals surface area contributed by atoms with E-state index in [1.165, 1.54) is 18.0 Å². The Bertz CT molecular complexity index is 1510. The maximum absolute atomic E-state index is 13.4. The summed E-state index contributed by atoms with van der Waals surface area (Å²) in [5.41, 5.74) is 1.97. The van der Waals surface area contributed by atoms with Crippen molar-refractivity contribution >= 4 is 58.4 Å². The van der Waals surface area contributed by atoms with Crippen LogP contribution in [0.15, 0.2) is 70.7 Å². The number of likely N-dealkylation sites (N-methyl/N-ethyl adjacent to an activating group) is 2. The number of amides is 3. The van der Waals surface area contributed by atoms with E-state index in [2.05, 4.69) is 37.5 Å². The minimum absolute atomic E-state index is 0.0623. The summed E-state index contributed by atoms with van der Waals surface area (Å²) in [5, 5.41) is 6.10. The summed E-state index contributed by atoms with van der Waals surface area (Å²) in [6, 6.07) is 15.6. The normalized spacial score (nSPS) is 15.6. The molecule has 12 heteroatoms. The van der Waals surface area contributed by atoms with Gasteiger partial charge >= 0.3 is 0 Å². The fourth-order valence-electron chi connectivity index (χ4n) is 4.89. The first-order valence-electron chi connectivity index (χ1n) is 14.1. The maximum Gasteiger partial charge on any atom is 0.258 e. The first-order valence-corrected chi connectivity index (χ1v) is 15.5. The van der Waals surface area contributed by atoms with Gasteiger partial charge in [-0.05, 0) is 62.5 Å². The highest BCUT2D eigenvalue weighted by Crippen LogP contribution is 2.27. The number of nitrogens with zero attached hydrogens (tertiary/aromatic N) is 5. The van der Waals surface area contributed by atoms with E-state index in [4.69, 9.17) is 11.6 Å². The number of hydrogen-bond acceptors (Lipinski definition) is 8. The van der Waals surface area contributed by atoms with Crippen LogP contribution in [-0.2, 0) is 4.79 Å².